The quantitative estimate of drug-likeness (QED) is 0.898. The topological polar surface area (TPSA) is 63.2 Å². The van der Waals surface area contributed by atoms with Crippen LogP contribution < -0.4 is 15.4 Å². The monoisotopic (exact) mass is 271 g/mol. The van der Waals surface area contributed by atoms with Crippen LogP contribution in [0.15, 0.2) is 42.5 Å². The summed E-state index contributed by atoms with van der Waals surface area (Å²) in [6.45, 7) is 2.31. The second-order valence-electron chi connectivity index (χ2n) is 4.31. The van der Waals surface area contributed by atoms with Gasteiger partial charge in [-0.3, -0.25) is 4.98 Å². The van der Waals surface area contributed by atoms with E-state index in [0.29, 0.717) is 12.2 Å². The van der Waals surface area contributed by atoms with Crippen LogP contribution in [0.2, 0.25) is 0 Å². The minimum Gasteiger partial charge on any atom is -0.497 e. The average Bonchev–Trinajstić information content (AvgIpc) is 2.46. The zero-order valence-corrected chi connectivity index (χ0v) is 11.5. The van der Waals surface area contributed by atoms with Crippen LogP contribution in [0.3, 0.4) is 0 Å². The van der Waals surface area contributed by atoms with Crippen molar-refractivity contribution in [1.29, 1.82) is 0 Å². The highest BCUT2D eigenvalue weighted by molar-refractivity contribution is 5.89. The van der Waals surface area contributed by atoms with E-state index in [-0.39, 0.29) is 6.03 Å². The largest absolute Gasteiger partial charge is 0.497 e. The molecule has 0 spiro atoms. The number of urea groups is 1. The first-order chi connectivity index (χ1) is 9.67. The highest BCUT2D eigenvalue weighted by Gasteiger charge is 2.02. The summed E-state index contributed by atoms with van der Waals surface area (Å²) in [5.41, 5.74) is 2.47. The Morgan fingerprint density at radius 2 is 1.95 bits per heavy atom. The van der Waals surface area contributed by atoms with Crippen LogP contribution in [0.25, 0.3) is 0 Å². The van der Waals surface area contributed by atoms with Gasteiger partial charge in [0.25, 0.3) is 0 Å². The number of benzene rings is 1. The lowest BCUT2D eigenvalue weighted by molar-refractivity contribution is 0.251. The van der Waals surface area contributed by atoms with Gasteiger partial charge in [0.1, 0.15) is 5.75 Å². The molecule has 1 aromatic heterocycles. The third-order valence-electron chi connectivity index (χ3n) is 2.72. The van der Waals surface area contributed by atoms with Gasteiger partial charge in [0.05, 0.1) is 19.3 Å². The number of hydrogen-bond acceptors (Lipinski definition) is 3. The molecule has 0 aliphatic rings. The van der Waals surface area contributed by atoms with Gasteiger partial charge in [-0.25, -0.2) is 4.79 Å². The van der Waals surface area contributed by atoms with Crippen molar-refractivity contribution in [2.75, 3.05) is 12.4 Å². The van der Waals surface area contributed by atoms with E-state index in [0.717, 1.165) is 17.1 Å². The van der Waals surface area contributed by atoms with E-state index in [1.54, 1.807) is 31.4 Å². The van der Waals surface area contributed by atoms with Crippen molar-refractivity contribution in [2.24, 2.45) is 0 Å². The second-order valence-corrected chi connectivity index (χ2v) is 4.31. The molecule has 104 valence electrons. The van der Waals surface area contributed by atoms with Crippen molar-refractivity contribution < 1.29 is 9.53 Å². The van der Waals surface area contributed by atoms with Crippen LogP contribution in [0, 0.1) is 6.92 Å². The molecule has 0 aliphatic heterocycles. The predicted octanol–water partition coefficient (Wildman–Crippen LogP) is 2.72. The Kier molecular flexibility index (Phi) is 4.55. The van der Waals surface area contributed by atoms with Crippen molar-refractivity contribution in [1.82, 2.24) is 10.3 Å². The maximum Gasteiger partial charge on any atom is 0.319 e. The molecule has 5 heteroatoms. The molecule has 2 N–H and O–H groups in total. The van der Waals surface area contributed by atoms with E-state index >= 15 is 0 Å². The number of rotatable bonds is 4. The van der Waals surface area contributed by atoms with Crippen LogP contribution in [0.5, 0.6) is 5.75 Å². The molecule has 0 bridgehead atoms. The van der Waals surface area contributed by atoms with Crippen LogP contribution >= 0.6 is 0 Å². The molecule has 0 unspecified atom stereocenters. The summed E-state index contributed by atoms with van der Waals surface area (Å²) in [5, 5.41) is 5.50. The Hall–Kier alpha value is -2.56. The van der Waals surface area contributed by atoms with E-state index in [9.17, 15) is 4.79 Å². The minimum absolute atomic E-state index is 0.265. The first-order valence-electron chi connectivity index (χ1n) is 6.29. The lowest BCUT2D eigenvalue weighted by Gasteiger charge is -2.08. The SMILES string of the molecule is COc1ccc(NC(=O)NCc2cccc(C)n2)cc1. The Morgan fingerprint density at radius 1 is 1.20 bits per heavy atom. The highest BCUT2D eigenvalue weighted by Crippen LogP contribution is 2.14. The third-order valence-corrected chi connectivity index (χ3v) is 2.72. The molecular weight excluding hydrogens is 254 g/mol. The van der Waals surface area contributed by atoms with Gasteiger partial charge in [-0.05, 0) is 43.3 Å². The third kappa shape index (κ3) is 3.98. The Labute approximate surface area is 118 Å². The fourth-order valence-electron chi connectivity index (χ4n) is 1.72. The van der Waals surface area contributed by atoms with Gasteiger partial charge in [-0.15, -0.1) is 0 Å². The summed E-state index contributed by atoms with van der Waals surface area (Å²) >= 11 is 0. The standard InChI is InChI=1S/C15H17N3O2/c1-11-4-3-5-13(17-11)10-16-15(19)18-12-6-8-14(20-2)9-7-12/h3-9H,10H2,1-2H3,(H2,16,18,19). The molecular formula is C15H17N3O2. The van der Waals surface area contributed by atoms with Gasteiger partial charge >= 0.3 is 6.03 Å². The fraction of sp³-hybridized carbons (Fsp3) is 0.200. The molecule has 1 heterocycles. The Balaban J connectivity index is 1.85. The van der Waals surface area contributed by atoms with E-state index in [1.165, 1.54) is 0 Å². The number of amides is 2. The number of aromatic nitrogens is 1. The number of hydrogen-bond donors (Lipinski definition) is 2. The Morgan fingerprint density at radius 3 is 2.60 bits per heavy atom. The van der Waals surface area contributed by atoms with Gasteiger partial charge in [-0.2, -0.15) is 0 Å². The lowest BCUT2D eigenvalue weighted by atomic mass is 10.3. The summed E-state index contributed by atoms with van der Waals surface area (Å²) in [5.74, 6) is 0.750. The number of pyridine rings is 1. The van der Waals surface area contributed by atoms with E-state index < -0.39 is 0 Å². The summed E-state index contributed by atoms with van der Waals surface area (Å²) < 4.78 is 5.05. The van der Waals surface area contributed by atoms with Gasteiger partial charge < -0.3 is 15.4 Å². The number of aryl methyl sites for hydroxylation is 1. The Bertz CT molecular complexity index is 582. The molecule has 20 heavy (non-hydrogen) atoms. The van der Waals surface area contributed by atoms with E-state index in [2.05, 4.69) is 15.6 Å². The van der Waals surface area contributed by atoms with Crippen molar-refractivity contribution in [2.45, 2.75) is 13.5 Å². The van der Waals surface area contributed by atoms with Crippen LogP contribution in [-0.2, 0) is 6.54 Å². The zero-order valence-electron chi connectivity index (χ0n) is 11.5. The van der Waals surface area contributed by atoms with E-state index in [1.807, 2.05) is 25.1 Å². The maximum atomic E-state index is 11.7. The van der Waals surface area contributed by atoms with Gasteiger partial charge in [0.2, 0.25) is 0 Å². The maximum absolute atomic E-state index is 11.7. The highest BCUT2D eigenvalue weighted by atomic mass is 16.5. The lowest BCUT2D eigenvalue weighted by Crippen LogP contribution is -2.28. The average molecular weight is 271 g/mol. The fourth-order valence-corrected chi connectivity index (χ4v) is 1.72. The van der Waals surface area contributed by atoms with Crippen molar-refractivity contribution >= 4 is 11.7 Å². The van der Waals surface area contributed by atoms with Crippen molar-refractivity contribution in [3.05, 3.63) is 53.9 Å². The predicted molar refractivity (Wildman–Crippen MR) is 77.8 cm³/mol. The summed E-state index contributed by atoms with van der Waals surface area (Å²) in [6.07, 6.45) is 0. The first kappa shape index (κ1) is 13.9. The normalized spacial score (nSPS) is 9.90. The molecule has 0 atom stereocenters. The first-order valence-corrected chi connectivity index (χ1v) is 6.29. The summed E-state index contributed by atoms with van der Waals surface area (Å²) in [4.78, 5) is 16.1. The molecule has 0 saturated carbocycles. The van der Waals surface area contributed by atoms with Crippen LogP contribution in [0.4, 0.5) is 10.5 Å². The second kappa shape index (κ2) is 6.56. The van der Waals surface area contributed by atoms with Gasteiger partial charge in [0.15, 0.2) is 0 Å². The number of nitrogens with zero attached hydrogens (tertiary/aromatic N) is 1. The molecule has 5 nitrogen and oxygen atoms in total. The minimum atomic E-state index is -0.265. The smallest absolute Gasteiger partial charge is 0.319 e. The number of carbonyl (C=O) groups is 1. The molecule has 2 rings (SSSR count). The van der Waals surface area contributed by atoms with Crippen LogP contribution in [0.1, 0.15) is 11.4 Å². The number of carbonyl (C=O) groups excluding carboxylic acids is 1. The molecule has 0 radical (unpaired) electrons. The number of anilines is 1. The van der Waals surface area contributed by atoms with Crippen molar-refractivity contribution in [3.63, 3.8) is 0 Å². The summed E-state index contributed by atoms with van der Waals surface area (Å²) in [6, 6.07) is 12.6. The molecule has 2 amide bonds. The molecule has 0 aliphatic carbocycles. The number of methoxy groups -OCH3 is 1. The molecule has 2 aromatic rings. The van der Waals surface area contributed by atoms with Gasteiger partial charge in [-0.1, -0.05) is 6.07 Å². The molecule has 1 aromatic carbocycles. The van der Waals surface area contributed by atoms with Crippen LogP contribution in [-0.4, -0.2) is 18.1 Å². The molecule has 0 fully saturated rings. The molecule has 0 saturated heterocycles. The summed E-state index contributed by atoms with van der Waals surface area (Å²) in [7, 11) is 1.60. The number of ether oxygens (including phenoxy) is 1. The zero-order chi connectivity index (χ0) is 14.4. The van der Waals surface area contributed by atoms with E-state index in [4.69, 9.17) is 4.74 Å². The van der Waals surface area contributed by atoms with Gasteiger partial charge in [0, 0.05) is 11.4 Å². The van der Waals surface area contributed by atoms with Crippen molar-refractivity contribution in [3.8, 4) is 5.75 Å². The number of nitrogens with one attached hydrogen (secondary N) is 2.